The van der Waals surface area contributed by atoms with Crippen LogP contribution in [-0.2, 0) is 0 Å². The molecule has 0 bridgehead atoms. The first-order chi connectivity index (χ1) is 9.45. The number of rotatable bonds is 5. The Labute approximate surface area is 116 Å². The molecule has 0 aliphatic heterocycles. The van der Waals surface area contributed by atoms with Crippen LogP contribution in [0.3, 0.4) is 0 Å². The Morgan fingerprint density at radius 3 is 2.75 bits per heavy atom. The molecule has 0 amide bonds. The molecule has 0 radical (unpaired) electrons. The third-order valence-corrected chi connectivity index (χ3v) is 3.86. The molecule has 3 N–H and O–H groups in total. The molecule has 1 aromatic rings. The Bertz CT molecular complexity index is 468. The van der Waals surface area contributed by atoms with Crippen LogP contribution in [0, 0.1) is 11.7 Å². The average Bonchev–Trinajstić information content (AvgIpc) is 2.75. The molecule has 1 saturated carbocycles. The minimum atomic E-state index is -2.59. The molecule has 2 rings (SSSR count). The van der Waals surface area contributed by atoms with Gasteiger partial charge in [0.05, 0.1) is 7.11 Å². The van der Waals surface area contributed by atoms with E-state index < -0.39 is 17.8 Å². The zero-order valence-corrected chi connectivity index (χ0v) is 11.3. The Morgan fingerprint density at radius 1 is 1.50 bits per heavy atom. The summed E-state index contributed by atoms with van der Waals surface area (Å²) in [6.45, 7) is 0. The largest absolute Gasteiger partial charge is 0.497 e. The fourth-order valence-electron chi connectivity index (χ4n) is 2.78. The van der Waals surface area contributed by atoms with Gasteiger partial charge in [0.2, 0.25) is 5.92 Å². The molecule has 20 heavy (non-hydrogen) atoms. The highest BCUT2D eigenvalue weighted by Crippen LogP contribution is 2.42. The monoisotopic (exact) mass is 288 g/mol. The molecule has 0 spiro atoms. The summed E-state index contributed by atoms with van der Waals surface area (Å²) >= 11 is 0. The lowest BCUT2D eigenvalue weighted by Gasteiger charge is -2.21. The van der Waals surface area contributed by atoms with Gasteiger partial charge >= 0.3 is 0 Å². The topological polar surface area (TPSA) is 47.3 Å². The number of nitrogens with two attached hydrogens (primary N) is 1. The van der Waals surface area contributed by atoms with Crippen molar-refractivity contribution in [3.05, 3.63) is 29.6 Å². The molecule has 2 unspecified atom stereocenters. The van der Waals surface area contributed by atoms with Crippen molar-refractivity contribution >= 4 is 0 Å². The van der Waals surface area contributed by atoms with E-state index in [0.717, 1.165) is 0 Å². The van der Waals surface area contributed by atoms with Gasteiger partial charge in [-0.25, -0.2) is 13.2 Å². The van der Waals surface area contributed by atoms with E-state index >= 15 is 0 Å². The summed E-state index contributed by atoms with van der Waals surface area (Å²) < 4.78 is 45.3. The van der Waals surface area contributed by atoms with Crippen molar-refractivity contribution < 1.29 is 17.9 Å². The van der Waals surface area contributed by atoms with Crippen LogP contribution in [0.15, 0.2) is 18.2 Å². The van der Waals surface area contributed by atoms with Crippen molar-refractivity contribution in [3.8, 4) is 5.75 Å². The van der Waals surface area contributed by atoms with Gasteiger partial charge in [-0.15, -0.1) is 0 Å². The predicted molar refractivity (Wildman–Crippen MR) is 69.9 cm³/mol. The normalized spacial score (nSPS) is 22.8. The van der Waals surface area contributed by atoms with Crippen molar-refractivity contribution in [2.75, 3.05) is 7.11 Å². The second-order valence-electron chi connectivity index (χ2n) is 5.31. The Hall–Kier alpha value is -1.27. The van der Waals surface area contributed by atoms with E-state index in [-0.39, 0.29) is 18.8 Å². The van der Waals surface area contributed by atoms with Crippen LogP contribution < -0.4 is 16.0 Å². The maximum Gasteiger partial charge on any atom is 0.248 e. The molecular weight excluding hydrogens is 269 g/mol. The summed E-state index contributed by atoms with van der Waals surface area (Å²) in [5, 5.41) is 0. The highest BCUT2D eigenvalue weighted by Gasteiger charge is 2.40. The summed E-state index contributed by atoms with van der Waals surface area (Å²) in [7, 11) is 1.45. The Balaban J connectivity index is 2.09. The number of nitrogens with one attached hydrogen (secondary N) is 1. The Morgan fingerprint density at radius 2 is 2.25 bits per heavy atom. The molecule has 2 atom stereocenters. The predicted octanol–water partition coefficient (Wildman–Crippen LogP) is 3.16. The van der Waals surface area contributed by atoms with Crippen molar-refractivity contribution in [1.82, 2.24) is 5.43 Å². The van der Waals surface area contributed by atoms with Crippen LogP contribution in [0.25, 0.3) is 0 Å². The summed E-state index contributed by atoms with van der Waals surface area (Å²) in [5.41, 5.74) is 2.90. The molecule has 0 saturated heterocycles. The zero-order chi connectivity index (χ0) is 14.8. The molecule has 1 aliphatic rings. The molecule has 0 heterocycles. The van der Waals surface area contributed by atoms with Gasteiger partial charge in [0, 0.05) is 30.5 Å². The van der Waals surface area contributed by atoms with Crippen molar-refractivity contribution in [2.24, 2.45) is 11.8 Å². The SMILES string of the molecule is COc1ccc(C(CC2CCC(F)(F)C2)NN)c(F)c1. The lowest BCUT2D eigenvalue weighted by molar-refractivity contribution is 0.00429. The van der Waals surface area contributed by atoms with Crippen LogP contribution in [0.1, 0.15) is 37.3 Å². The maximum absolute atomic E-state index is 14.0. The maximum atomic E-state index is 14.0. The third kappa shape index (κ3) is 3.43. The van der Waals surface area contributed by atoms with Gasteiger partial charge in [-0.05, 0) is 24.8 Å². The van der Waals surface area contributed by atoms with Crippen LogP contribution in [0.5, 0.6) is 5.75 Å². The Kier molecular flexibility index (Phi) is 4.55. The molecule has 1 fully saturated rings. The fraction of sp³-hybridized carbons (Fsp3) is 0.571. The lowest BCUT2D eigenvalue weighted by Crippen LogP contribution is -2.30. The third-order valence-electron chi connectivity index (χ3n) is 3.86. The first kappa shape index (κ1) is 15.1. The van der Waals surface area contributed by atoms with E-state index in [1.807, 2.05) is 0 Å². The molecular formula is C14H19F3N2O. The second-order valence-corrected chi connectivity index (χ2v) is 5.31. The van der Waals surface area contributed by atoms with Gasteiger partial charge < -0.3 is 4.74 Å². The van der Waals surface area contributed by atoms with Gasteiger partial charge in [-0.1, -0.05) is 6.07 Å². The highest BCUT2D eigenvalue weighted by atomic mass is 19.3. The average molecular weight is 288 g/mol. The first-order valence-corrected chi connectivity index (χ1v) is 6.62. The number of benzene rings is 1. The second kappa shape index (κ2) is 6.01. The standard InChI is InChI=1S/C14H19F3N2O/c1-20-10-2-3-11(12(15)7-10)13(19-18)6-9-4-5-14(16,17)8-9/h2-3,7,9,13,19H,4-6,8,18H2,1H3. The lowest BCUT2D eigenvalue weighted by atomic mass is 9.93. The van der Waals surface area contributed by atoms with Gasteiger partial charge in [0.15, 0.2) is 0 Å². The van der Waals surface area contributed by atoms with Crippen molar-refractivity contribution in [3.63, 3.8) is 0 Å². The number of alkyl halides is 2. The van der Waals surface area contributed by atoms with Crippen molar-refractivity contribution in [1.29, 1.82) is 0 Å². The summed E-state index contributed by atoms with van der Waals surface area (Å²) in [5.74, 6) is 2.68. The number of hydrazine groups is 1. The summed E-state index contributed by atoms with van der Waals surface area (Å²) in [6.07, 6.45) is 0.599. The fourth-order valence-corrected chi connectivity index (χ4v) is 2.78. The smallest absolute Gasteiger partial charge is 0.248 e. The summed E-state index contributed by atoms with van der Waals surface area (Å²) in [4.78, 5) is 0. The molecule has 112 valence electrons. The van der Waals surface area contributed by atoms with Gasteiger partial charge in [-0.2, -0.15) is 0 Å². The van der Waals surface area contributed by atoms with Gasteiger partial charge in [0.25, 0.3) is 0 Å². The molecule has 3 nitrogen and oxygen atoms in total. The van der Waals surface area contributed by atoms with Crippen LogP contribution in [-0.4, -0.2) is 13.0 Å². The quantitative estimate of drug-likeness (QED) is 0.646. The molecule has 1 aromatic carbocycles. The van der Waals surface area contributed by atoms with Crippen LogP contribution in [0.4, 0.5) is 13.2 Å². The van der Waals surface area contributed by atoms with E-state index in [1.54, 1.807) is 12.1 Å². The number of halogens is 3. The number of hydrogen-bond acceptors (Lipinski definition) is 3. The number of ether oxygens (including phenoxy) is 1. The minimum Gasteiger partial charge on any atom is -0.497 e. The van der Waals surface area contributed by atoms with E-state index in [4.69, 9.17) is 10.6 Å². The van der Waals surface area contributed by atoms with Gasteiger partial charge in [-0.3, -0.25) is 11.3 Å². The van der Waals surface area contributed by atoms with E-state index in [9.17, 15) is 13.2 Å². The van der Waals surface area contributed by atoms with E-state index in [1.165, 1.54) is 13.2 Å². The van der Waals surface area contributed by atoms with Gasteiger partial charge in [0.1, 0.15) is 11.6 Å². The van der Waals surface area contributed by atoms with Crippen molar-refractivity contribution in [2.45, 2.75) is 37.6 Å². The number of methoxy groups -OCH3 is 1. The highest BCUT2D eigenvalue weighted by molar-refractivity contribution is 5.30. The minimum absolute atomic E-state index is 0.0972. The first-order valence-electron chi connectivity index (χ1n) is 6.62. The van der Waals surface area contributed by atoms with E-state index in [0.29, 0.717) is 24.2 Å². The molecule has 6 heteroatoms. The van der Waals surface area contributed by atoms with E-state index in [2.05, 4.69) is 5.43 Å². The number of hydrogen-bond donors (Lipinski definition) is 2. The molecule has 1 aliphatic carbocycles. The zero-order valence-electron chi connectivity index (χ0n) is 11.3. The summed E-state index contributed by atoms with van der Waals surface area (Å²) in [6, 6.07) is 4.00. The van der Waals surface area contributed by atoms with Crippen LogP contribution in [0.2, 0.25) is 0 Å². The van der Waals surface area contributed by atoms with Crippen LogP contribution >= 0.6 is 0 Å². The molecule has 0 aromatic heterocycles.